The van der Waals surface area contributed by atoms with Crippen molar-refractivity contribution < 1.29 is 26.4 Å². The molecule has 0 saturated carbocycles. The molecule has 4 rings (SSSR count). The van der Waals surface area contributed by atoms with E-state index in [9.17, 15) is 31.2 Å². The molecule has 186 valence electrons. The summed E-state index contributed by atoms with van der Waals surface area (Å²) < 4.78 is 63.9. The van der Waals surface area contributed by atoms with Crippen molar-refractivity contribution in [2.24, 2.45) is 7.05 Å². The first-order valence-corrected chi connectivity index (χ1v) is 12.3. The van der Waals surface area contributed by atoms with Gasteiger partial charge in [-0.25, -0.2) is 18.4 Å². The van der Waals surface area contributed by atoms with Gasteiger partial charge in [0.15, 0.2) is 0 Å². The lowest BCUT2D eigenvalue weighted by atomic mass is 10.0. The van der Waals surface area contributed by atoms with E-state index in [1.807, 2.05) is 0 Å². The van der Waals surface area contributed by atoms with E-state index in [0.29, 0.717) is 22.3 Å². The van der Waals surface area contributed by atoms with E-state index < -0.39 is 38.2 Å². The standard InChI is InChI=1S/C24H19F3N4O4S/c1-13-7-8-17(29-21(32)14-5-4-6-16(9-14)24(25,26)27)11-18(13)19-10-15-12-28-23(36(3,34)35)30-20(15)22(33)31(19)2/h4-12H,1-3H3,(H,29,32). The number of nitrogens with one attached hydrogen (secondary N) is 1. The number of halogens is 3. The van der Waals surface area contributed by atoms with Crippen molar-refractivity contribution in [3.63, 3.8) is 0 Å². The number of anilines is 1. The highest BCUT2D eigenvalue weighted by Gasteiger charge is 2.31. The molecule has 4 aromatic rings. The maximum absolute atomic E-state index is 13.0. The van der Waals surface area contributed by atoms with Crippen molar-refractivity contribution in [2.45, 2.75) is 18.3 Å². The fraction of sp³-hybridized carbons (Fsp3) is 0.167. The Bertz CT molecular complexity index is 1700. The number of amides is 1. The molecule has 1 amide bonds. The van der Waals surface area contributed by atoms with E-state index in [4.69, 9.17) is 0 Å². The summed E-state index contributed by atoms with van der Waals surface area (Å²) in [5, 5.41) is 2.44. The minimum atomic E-state index is -4.58. The van der Waals surface area contributed by atoms with Gasteiger partial charge >= 0.3 is 6.18 Å². The number of fused-ring (bicyclic) bond motifs is 1. The smallest absolute Gasteiger partial charge is 0.322 e. The Morgan fingerprint density at radius 1 is 1.08 bits per heavy atom. The number of alkyl halides is 3. The molecule has 0 atom stereocenters. The van der Waals surface area contributed by atoms with Crippen LogP contribution in [0.5, 0.6) is 0 Å². The van der Waals surface area contributed by atoms with Crippen LogP contribution in [0.15, 0.2) is 64.7 Å². The molecule has 0 aliphatic rings. The molecule has 0 aliphatic heterocycles. The van der Waals surface area contributed by atoms with Gasteiger partial charge in [0, 0.05) is 41.7 Å². The van der Waals surface area contributed by atoms with Crippen molar-refractivity contribution in [2.75, 3.05) is 11.6 Å². The van der Waals surface area contributed by atoms with E-state index >= 15 is 0 Å². The fourth-order valence-electron chi connectivity index (χ4n) is 3.62. The Morgan fingerprint density at radius 2 is 1.81 bits per heavy atom. The van der Waals surface area contributed by atoms with E-state index in [0.717, 1.165) is 30.0 Å². The summed E-state index contributed by atoms with van der Waals surface area (Å²) in [6.07, 6.45) is -2.40. The Kier molecular flexibility index (Phi) is 6.17. The van der Waals surface area contributed by atoms with E-state index in [1.165, 1.54) is 23.9 Å². The highest BCUT2D eigenvalue weighted by atomic mass is 32.2. The number of nitrogens with zero attached hydrogens (tertiary/aromatic N) is 3. The largest absolute Gasteiger partial charge is 0.416 e. The first kappa shape index (κ1) is 25.0. The minimum absolute atomic E-state index is 0.0664. The van der Waals surface area contributed by atoms with Gasteiger partial charge in [-0.2, -0.15) is 13.2 Å². The molecule has 8 nitrogen and oxygen atoms in total. The highest BCUT2D eigenvalue weighted by Crippen LogP contribution is 2.30. The number of aryl methyl sites for hydroxylation is 1. The summed E-state index contributed by atoms with van der Waals surface area (Å²) in [5.41, 5.74) is 0.331. The van der Waals surface area contributed by atoms with Crippen LogP contribution in [-0.2, 0) is 23.1 Å². The normalized spacial score (nSPS) is 12.1. The zero-order valence-corrected chi connectivity index (χ0v) is 20.0. The van der Waals surface area contributed by atoms with Crippen LogP contribution >= 0.6 is 0 Å². The first-order valence-electron chi connectivity index (χ1n) is 10.4. The summed E-state index contributed by atoms with van der Waals surface area (Å²) in [4.78, 5) is 33.4. The SMILES string of the molecule is Cc1ccc(NC(=O)c2cccc(C(F)(F)F)c2)cc1-c1cc2cnc(S(C)(=O)=O)nc2c(=O)n1C. The number of carbonyl (C=O) groups is 1. The average molecular weight is 517 g/mol. The lowest BCUT2D eigenvalue weighted by Gasteiger charge is -2.15. The van der Waals surface area contributed by atoms with Crippen LogP contribution in [0.1, 0.15) is 21.5 Å². The topological polar surface area (TPSA) is 111 Å². The summed E-state index contributed by atoms with van der Waals surface area (Å²) in [5.74, 6) is -0.731. The predicted octanol–water partition coefficient (Wildman–Crippen LogP) is 3.98. The number of sulfone groups is 1. The van der Waals surface area contributed by atoms with Crippen LogP contribution in [0, 0.1) is 6.92 Å². The molecular weight excluding hydrogens is 497 g/mol. The Hall–Kier alpha value is -4.06. The van der Waals surface area contributed by atoms with Crippen molar-refractivity contribution >= 4 is 32.3 Å². The summed E-state index contributed by atoms with van der Waals surface area (Å²) in [6, 6.07) is 10.6. The molecule has 0 aliphatic carbocycles. The Balaban J connectivity index is 1.74. The van der Waals surface area contributed by atoms with Gasteiger partial charge in [-0.05, 0) is 48.9 Å². The summed E-state index contributed by atoms with van der Waals surface area (Å²) >= 11 is 0. The van der Waals surface area contributed by atoms with E-state index in [2.05, 4.69) is 15.3 Å². The predicted molar refractivity (Wildman–Crippen MR) is 127 cm³/mol. The van der Waals surface area contributed by atoms with Gasteiger partial charge in [0.05, 0.1) is 11.3 Å². The maximum atomic E-state index is 13.0. The van der Waals surface area contributed by atoms with Gasteiger partial charge in [0.1, 0.15) is 5.52 Å². The van der Waals surface area contributed by atoms with Gasteiger partial charge < -0.3 is 9.88 Å². The van der Waals surface area contributed by atoms with Gasteiger partial charge in [-0.1, -0.05) is 12.1 Å². The van der Waals surface area contributed by atoms with Crippen molar-refractivity contribution in [3.05, 3.63) is 81.8 Å². The van der Waals surface area contributed by atoms with Crippen LogP contribution in [-0.4, -0.2) is 35.1 Å². The monoisotopic (exact) mass is 516 g/mol. The lowest BCUT2D eigenvalue weighted by Crippen LogP contribution is -2.21. The second kappa shape index (κ2) is 8.86. The molecule has 0 saturated heterocycles. The first-order chi connectivity index (χ1) is 16.8. The summed E-state index contributed by atoms with van der Waals surface area (Å²) in [6.45, 7) is 1.78. The van der Waals surface area contributed by atoms with Crippen LogP contribution in [0.25, 0.3) is 22.2 Å². The molecule has 0 radical (unpaired) electrons. The number of aromatic nitrogens is 3. The summed E-state index contributed by atoms with van der Waals surface area (Å²) in [7, 11) is -2.22. The zero-order valence-electron chi connectivity index (χ0n) is 19.2. The molecule has 12 heteroatoms. The minimum Gasteiger partial charge on any atom is -0.322 e. The quantitative estimate of drug-likeness (QED) is 0.411. The second-order valence-electron chi connectivity index (χ2n) is 8.18. The zero-order chi connectivity index (χ0) is 26.4. The van der Waals surface area contributed by atoms with Crippen molar-refractivity contribution in [1.29, 1.82) is 0 Å². The van der Waals surface area contributed by atoms with Crippen LogP contribution in [0.4, 0.5) is 18.9 Å². The third-order valence-corrected chi connectivity index (χ3v) is 6.37. The highest BCUT2D eigenvalue weighted by molar-refractivity contribution is 7.90. The molecule has 0 spiro atoms. The van der Waals surface area contributed by atoms with Crippen molar-refractivity contribution in [3.8, 4) is 11.3 Å². The van der Waals surface area contributed by atoms with Gasteiger partial charge in [-0.15, -0.1) is 0 Å². The number of pyridine rings is 1. The molecule has 2 aromatic heterocycles. The van der Waals surface area contributed by atoms with Gasteiger partial charge in [0.25, 0.3) is 11.5 Å². The van der Waals surface area contributed by atoms with Crippen LogP contribution in [0.3, 0.4) is 0 Å². The molecule has 36 heavy (non-hydrogen) atoms. The van der Waals surface area contributed by atoms with E-state index in [-0.39, 0.29) is 11.1 Å². The third-order valence-electron chi connectivity index (χ3n) is 5.51. The number of hydrogen-bond acceptors (Lipinski definition) is 6. The molecular formula is C24H19F3N4O4S. The molecule has 1 N–H and O–H groups in total. The van der Waals surface area contributed by atoms with Crippen LogP contribution in [0.2, 0.25) is 0 Å². The number of hydrogen-bond donors (Lipinski definition) is 1. The van der Waals surface area contributed by atoms with Crippen molar-refractivity contribution in [1.82, 2.24) is 14.5 Å². The Labute approximate surface area is 203 Å². The third kappa shape index (κ3) is 4.85. The molecule has 0 unspecified atom stereocenters. The lowest BCUT2D eigenvalue weighted by molar-refractivity contribution is -0.137. The number of rotatable bonds is 4. The molecule has 2 aromatic carbocycles. The molecule has 0 bridgehead atoms. The molecule has 0 fully saturated rings. The Morgan fingerprint density at radius 3 is 2.47 bits per heavy atom. The van der Waals surface area contributed by atoms with E-state index in [1.54, 1.807) is 31.2 Å². The second-order valence-corrected chi connectivity index (χ2v) is 10.1. The maximum Gasteiger partial charge on any atom is 0.416 e. The van der Waals surface area contributed by atoms with Gasteiger partial charge in [0.2, 0.25) is 15.0 Å². The average Bonchev–Trinajstić information content (AvgIpc) is 2.81. The number of benzene rings is 2. The van der Waals surface area contributed by atoms with Gasteiger partial charge in [-0.3, -0.25) is 9.59 Å². The molecule has 2 heterocycles. The number of carbonyl (C=O) groups excluding carboxylic acids is 1. The van der Waals surface area contributed by atoms with Crippen LogP contribution < -0.4 is 10.9 Å². The fourth-order valence-corrected chi connectivity index (χ4v) is 4.12.